The van der Waals surface area contributed by atoms with Gasteiger partial charge in [0.2, 0.25) is 5.91 Å². The van der Waals surface area contributed by atoms with Crippen LogP contribution in [0, 0.1) is 0 Å². The third-order valence-corrected chi connectivity index (χ3v) is 7.70. The maximum absolute atomic E-state index is 13.4. The van der Waals surface area contributed by atoms with Gasteiger partial charge in [-0.05, 0) is 74.4 Å². The summed E-state index contributed by atoms with van der Waals surface area (Å²) < 4.78 is 17.3. The Bertz CT molecular complexity index is 1500. The molecule has 46 heavy (non-hydrogen) atoms. The molecule has 0 spiro atoms. The Balaban J connectivity index is 1.85. The van der Waals surface area contributed by atoms with E-state index in [9.17, 15) is 14.4 Å². The van der Waals surface area contributed by atoms with E-state index in [1.54, 1.807) is 6.07 Å². The number of morpholine rings is 1. The van der Waals surface area contributed by atoms with Crippen LogP contribution in [0.1, 0.15) is 94.4 Å². The molecule has 4 rings (SSSR count). The Labute approximate surface area is 272 Å². The highest BCUT2D eigenvalue weighted by Crippen LogP contribution is 2.41. The summed E-state index contributed by atoms with van der Waals surface area (Å²) >= 11 is 0. The zero-order valence-corrected chi connectivity index (χ0v) is 28.2. The molecule has 0 aliphatic carbocycles. The van der Waals surface area contributed by atoms with Gasteiger partial charge in [0.05, 0.1) is 25.2 Å². The smallest absolute Gasteiger partial charge is 0.410 e. The standard InChI is InChI=1S/C36H48N4O6/c1-8-9-30(41)34-33(26-12-10-25(11-13-26)21-40-14-16-44-17-15-40)35(46-39-34)29-20-28(22(2)3)31(45-36(43)38-24(6)7)18-27(29)19-32(42)37-23(4)5/h10-13,18,20,22-24H,8-9,14-17,19,21H2,1-7H3,(H,37,42)(H,38,43). The van der Waals surface area contributed by atoms with Gasteiger partial charge in [-0.2, -0.15) is 0 Å². The molecule has 0 radical (unpaired) electrons. The summed E-state index contributed by atoms with van der Waals surface area (Å²) in [5.41, 5.74) is 4.76. The molecule has 1 aliphatic heterocycles. The van der Waals surface area contributed by atoms with E-state index in [1.165, 1.54) is 0 Å². The average molecular weight is 633 g/mol. The SMILES string of the molecule is CCCC(=O)c1noc(-c2cc(C(C)C)c(OC(=O)NC(C)C)cc2CC(=O)NC(C)C)c1-c1ccc(CN2CCOCC2)cc1. The van der Waals surface area contributed by atoms with E-state index in [1.807, 2.05) is 66.7 Å². The lowest BCUT2D eigenvalue weighted by Crippen LogP contribution is -2.35. The van der Waals surface area contributed by atoms with Gasteiger partial charge in [0.25, 0.3) is 0 Å². The summed E-state index contributed by atoms with van der Waals surface area (Å²) in [6.45, 7) is 17.5. The third-order valence-electron chi connectivity index (χ3n) is 7.70. The number of hydrogen-bond acceptors (Lipinski definition) is 8. The van der Waals surface area contributed by atoms with Gasteiger partial charge in [-0.15, -0.1) is 0 Å². The molecule has 248 valence electrons. The maximum atomic E-state index is 13.4. The van der Waals surface area contributed by atoms with Crippen molar-refractivity contribution in [2.75, 3.05) is 26.3 Å². The van der Waals surface area contributed by atoms with Crippen molar-refractivity contribution in [2.45, 2.75) is 92.3 Å². The average Bonchev–Trinajstić information content (AvgIpc) is 3.42. The van der Waals surface area contributed by atoms with Crippen LogP contribution in [0.3, 0.4) is 0 Å². The summed E-state index contributed by atoms with van der Waals surface area (Å²) in [6.07, 6.45) is 0.423. The van der Waals surface area contributed by atoms with Gasteiger partial charge in [-0.1, -0.05) is 50.2 Å². The van der Waals surface area contributed by atoms with E-state index in [-0.39, 0.29) is 41.8 Å². The van der Waals surface area contributed by atoms with Crippen LogP contribution in [0.15, 0.2) is 40.9 Å². The number of ketones is 1. The Morgan fingerprint density at radius 3 is 2.24 bits per heavy atom. The molecule has 0 unspecified atom stereocenters. The van der Waals surface area contributed by atoms with Gasteiger partial charge in [0.1, 0.15) is 5.75 Å². The summed E-state index contributed by atoms with van der Waals surface area (Å²) in [6, 6.07) is 11.6. The molecule has 1 fully saturated rings. The fraction of sp³-hybridized carbons (Fsp3) is 0.500. The maximum Gasteiger partial charge on any atom is 0.412 e. The number of ether oxygens (including phenoxy) is 2. The number of nitrogens with one attached hydrogen (secondary N) is 2. The van der Waals surface area contributed by atoms with Crippen molar-refractivity contribution >= 4 is 17.8 Å². The first-order valence-corrected chi connectivity index (χ1v) is 16.3. The van der Waals surface area contributed by atoms with E-state index < -0.39 is 6.09 Å². The molecule has 1 aromatic heterocycles. The minimum Gasteiger partial charge on any atom is -0.410 e. The van der Waals surface area contributed by atoms with Crippen LogP contribution in [0.5, 0.6) is 5.75 Å². The molecule has 10 nitrogen and oxygen atoms in total. The summed E-state index contributed by atoms with van der Waals surface area (Å²) in [4.78, 5) is 41.5. The minimum atomic E-state index is -0.577. The van der Waals surface area contributed by atoms with E-state index in [4.69, 9.17) is 14.0 Å². The molecule has 2 aromatic carbocycles. The number of Topliss-reactive ketones (excluding diaryl/α,β-unsaturated/α-hetero) is 1. The second-order valence-electron chi connectivity index (χ2n) is 12.8. The zero-order valence-electron chi connectivity index (χ0n) is 28.2. The number of carbonyl (C=O) groups excluding carboxylic acids is 3. The minimum absolute atomic E-state index is 0.00488. The number of aromatic nitrogens is 1. The number of benzene rings is 2. The van der Waals surface area contributed by atoms with E-state index in [0.717, 1.165) is 49.5 Å². The first-order chi connectivity index (χ1) is 22.0. The molecule has 2 amide bonds. The van der Waals surface area contributed by atoms with Crippen molar-refractivity contribution in [3.8, 4) is 28.2 Å². The Morgan fingerprint density at radius 1 is 0.957 bits per heavy atom. The highest BCUT2D eigenvalue weighted by atomic mass is 16.6. The second-order valence-corrected chi connectivity index (χ2v) is 12.8. The molecule has 1 aliphatic rings. The first kappa shape index (κ1) is 34.8. The van der Waals surface area contributed by atoms with E-state index in [0.29, 0.717) is 41.0 Å². The highest BCUT2D eigenvalue weighted by Gasteiger charge is 2.28. The molecule has 0 atom stereocenters. The van der Waals surface area contributed by atoms with E-state index >= 15 is 0 Å². The Hall–Kier alpha value is -4.02. The van der Waals surface area contributed by atoms with Crippen molar-refractivity contribution in [2.24, 2.45) is 0 Å². The van der Waals surface area contributed by atoms with Gasteiger partial charge in [-0.25, -0.2) is 4.79 Å². The molecule has 0 saturated carbocycles. The molecule has 1 saturated heterocycles. The molecule has 10 heteroatoms. The van der Waals surface area contributed by atoms with Crippen molar-refractivity contribution in [3.63, 3.8) is 0 Å². The predicted octanol–water partition coefficient (Wildman–Crippen LogP) is 6.51. The van der Waals surface area contributed by atoms with Gasteiger partial charge in [-0.3, -0.25) is 14.5 Å². The second kappa shape index (κ2) is 16.0. The van der Waals surface area contributed by atoms with Crippen molar-refractivity contribution in [1.82, 2.24) is 20.7 Å². The summed E-state index contributed by atoms with van der Waals surface area (Å²) in [5, 5.41) is 10.0. The van der Waals surface area contributed by atoms with Crippen molar-refractivity contribution in [3.05, 3.63) is 58.8 Å². The number of hydrogen-bond donors (Lipinski definition) is 2. The normalized spacial score (nSPS) is 13.8. The van der Waals surface area contributed by atoms with Crippen LogP contribution < -0.4 is 15.4 Å². The first-order valence-electron chi connectivity index (χ1n) is 16.3. The van der Waals surface area contributed by atoms with Gasteiger partial charge in [0, 0.05) is 43.7 Å². The molecule has 2 N–H and O–H groups in total. The van der Waals surface area contributed by atoms with E-state index in [2.05, 4.69) is 32.8 Å². The third kappa shape index (κ3) is 9.04. The van der Waals surface area contributed by atoms with Crippen LogP contribution in [-0.2, 0) is 22.5 Å². The summed E-state index contributed by atoms with van der Waals surface area (Å²) in [7, 11) is 0. The zero-order chi connectivity index (χ0) is 33.4. The Morgan fingerprint density at radius 2 is 1.63 bits per heavy atom. The lowest BCUT2D eigenvalue weighted by molar-refractivity contribution is -0.120. The van der Waals surface area contributed by atoms with Crippen molar-refractivity contribution < 1.29 is 28.4 Å². The largest absolute Gasteiger partial charge is 0.412 e. The summed E-state index contributed by atoms with van der Waals surface area (Å²) in [5.74, 6) is 0.416. The van der Waals surface area contributed by atoms with Crippen molar-refractivity contribution in [1.29, 1.82) is 0 Å². The number of rotatable bonds is 13. The van der Waals surface area contributed by atoms with Crippen LogP contribution in [0.2, 0.25) is 0 Å². The van der Waals surface area contributed by atoms with Gasteiger partial charge >= 0.3 is 6.09 Å². The molecule has 3 aromatic rings. The number of nitrogens with zero attached hydrogens (tertiary/aromatic N) is 2. The molecule has 0 bridgehead atoms. The number of amides is 2. The highest BCUT2D eigenvalue weighted by molar-refractivity contribution is 6.03. The fourth-order valence-corrected chi connectivity index (χ4v) is 5.52. The van der Waals surface area contributed by atoms with Gasteiger partial charge < -0.3 is 24.6 Å². The topological polar surface area (TPSA) is 123 Å². The molecule has 2 heterocycles. The Kier molecular flexibility index (Phi) is 12.1. The van der Waals surface area contributed by atoms with Crippen LogP contribution >= 0.6 is 0 Å². The lowest BCUT2D eigenvalue weighted by Gasteiger charge is -2.26. The van der Waals surface area contributed by atoms with Crippen LogP contribution in [0.25, 0.3) is 22.5 Å². The molecular weight excluding hydrogens is 584 g/mol. The van der Waals surface area contributed by atoms with Crippen LogP contribution in [0.4, 0.5) is 4.79 Å². The van der Waals surface area contributed by atoms with Gasteiger partial charge in [0.15, 0.2) is 17.2 Å². The predicted molar refractivity (Wildman–Crippen MR) is 178 cm³/mol. The molecular formula is C36H48N4O6. The lowest BCUT2D eigenvalue weighted by atomic mass is 9.89. The number of carbonyl (C=O) groups is 3. The quantitative estimate of drug-likeness (QED) is 0.205. The fourth-order valence-electron chi connectivity index (χ4n) is 5.52. The monoisotopic (exact) mass is 632 g/mol. The van der Waals surface area contributed by atoms with Crippen LogP contribution in [-0.4, -0.2) is 66.2 Å².